The molecule has 8 heteroatoms. The summed E-state index contributed by atoms with van der Waals surface area (Å²) in [5.41, 5.74) is 2.35. The molecule has 0 aliphatic carbocycles. The molecule has 0 radical (unpaired) electrons. The van der Waals surface area contributed by atoms with Crippen LogP contribution in [0, 0.1) is 0 Å². The van der Waals surface area contributed by atoms with E-state index in [0.29, 0.717) is 19.0 Å². The molecule has 7 nitrogen and oxygen atoms in total. The van der Waals surface area contributed by atoms with Crippen molar-refractivity contribution in [3.63, 3.8) is 0 Å². The maximum absolute atomic E-state index is 12.3. The van der Waals surface area contributed by atoms with Crippen molar-refractivity contribution in [2.24, 2.45) is 5.84 Å². The van der Waals surface area contributed by atoms with Gasteiger partial charge in [0.05, 0.1) is 6.10 Å². The Labute approximate surface area is 112 Å². The van der Waals surface area contributed by atoms with Crippen LogP contribution in [0.3, 0.4) is 0 Å². The molecule has 0 amide bonds. The zero-order chi connectivity index (χ0) is 13.9. The Balaban J connectivity index is 2.10. The van der Waals surface area contributed by atoms with Crippen LogP contribution in [-0.4, -0.2) is 44.0 Å². The van der Waals surface area contributed by atoms with Crippen LogP contribution in [0.25, 0.3) is 0 Å². The Kier molecular flexibility index (Phi) is 4.35. The molecule has 1 aromatic rings. The summed E-state index contributed by atoms with van der Waals surface area (Å²) in [6.45, 7) is 1.07. The van der Waals surface area contributed by atoms with Gasteiger partial charge in [-0.3, -0.25) is 0 Å². The van der Waals surface area contributed by atoms with Gasteiger partial charge in [0.2, 0.25) is 10.0 Å². The molecule has 2 rings (SSSR count). The van der Waals surface area contributed by atoms with E-state index < -0.39 is 10.0 Å². The molecular formula is C11H18N4O3S. The van der Waals surface area contributed by atoms with Gasteiger partial charge in [0, 0.05) is 26.4 Å². The summed E-state index contributed by atoms with van der Waals surface area (Å²) < 4.78 is 31.3. The highest BCUT2D eigenvalue weighted by Gasteiger charge is 2.26. The highest BCUT2D eigenvalue weighted by Crippen LogP contribution is 2.18. The number of aromatic nitrogens is 1. The van der Waals surface area contributed by atoms with Gasteiger partial charge >= 0.3 is 0 Å². The van der Waals surface area contributed by atoms with Gasteiger partial charge in [-0.1, -0.05) is 0 Å². The Hall–Kier alpha value is -1.22. The first kappa shape index (κ1) is 14.2. The number of pyridine rings is 1. The Bertz CT molecular complexity index is 511. The lowest BCUT2D eigenvalue weighted by Crippen LogP contribution is -2.34. The van der Waals surface area contributed by atoms with Crippen molar-refractivity contribution in [1.29, 1.82) is 0 Å². The summed E-state index contributed by atoms with van der Waals surface area (Å²) in [4.78, 5) is 4.05. The summed E-state index contributed by atoms with van der Waals surface area (Å²) >= 11 is 0. The topological polar surface area (TPSA) is 97.5 Å². The van der Waals surface area contributed by atoms with Gasteiger partial charge in [-0.25, -0.2) is 19.2 Å². The van der Waals surface area contributed by atoms with Crippen LogP contribution < -0.4 is 11.3 Å². The van der Waals surface area contributed by atoms with Crippen LogP contribution in [0.4, 0.5) is 5.82 Å². The Morgan fingerprint density at radius 1 is 1.58 bits per heavy atom. The Morgan fingerprint density at radius 2 is 2.37 bits per heavy atom. The number of nitrogen functional groups attached to an aromatic ring is 1. The number of nitrogens with zero attached hydrogens (tertiary/aromatic N) is 2. The van der Waals surface area contributed by atoms with Crippen molar-refractivity contribution in [3.8, 4) is 0 Å². The standard InChI is InChI=1S/C11H18N4O3S/c1-15(8-9-3-2-6-18-9)19(16,17)10-4-5-11(14-12)13-7-10/h4-5,7,9H,2-3,6,8,12H2,1H3,(H,13,14). The number of likely N-dealkylation sites (N-methyl/N-ethyl adjacent to an activating group) is 1. The molecule has 0 saturated carbocycles. The van der Waals surface area contributed by atoms with E-state index in [9.17, 15) is 8.42 Å². The van der Waals surface area contributed by atoms with Crippen LogP contribution in [0.5, 0.6) is 0 Å². The molecule has 19 heavy (non-hydrogen) atoms. The zero-order valence-corrected chi connectivity index (χ0v) is 11.6. The van der Waals surface area contributed by atoms with Crippen LogP contribution in [0.1, 0.15) is 12.8 Å². The first-order valence-corrected chi connectivity index (χ1v) is 7.48. The number of hydrogen-bond donors (Lipinski definition) is 2. The molecule has 3 N–H and O–H groups in total. The molecule has 1 aromatic heterocycles. The van der Waals surface area contributed by atoms with E-state index >= 15 is 0 Å². The first-order valence-electron chi connectivity index (χ1n) is 6.04. The van der Waals surface area contributed by atoms with Crippen LogP contribution in [0.15, 0.2) is 23.2 Å². The summed E-state index contributed by atoms with van der Waals surface area (Å²) in [5.74, 6) is 5.61. The highest BCUT2D eigenvalue weighted by atomic mass is 32.2. The predicted octanol–water partition coefficient (Wildman–Crippen LogP) is 0.167. The Morgan fingerprint density at radius 3 is 2.89 bits per heavy atom. The monoisotopic (exact) mass is 286 g/mol. The average molecular weight is 286 g/mol. The van der Waals surface area contributed by atoms with E-state index in [-0.39, 0.29) is 11.0 Å². The van der Waals surface area contributed by atoms with Crippen LogP contribution >= 0.6 is 0 Å². The molecule has 1 saturated heterocycles. The van der Waals surface area contributed by atoms with Gasteiger partial charge in [-0.2, -0.15) is 4.31 Å². The smallest absolute Gasteiger partial charge is 0.244 e. The number of nitrogens with one attached hydrogen (secondary N) is 1. The lowest BCUT2D eigenvalue weighted by Gasteiger charge is -2.20. The molecule has 106 valence electrons. The second kappa shape index (κ2) is 5.83. The van der Waals surface area contributed by atoms with E-state index in [1.807, 2.05) is 0 Å². The van der Waals surface area contributed by atoms with Crippen molar-refractivity contribution >= 4 is 15.8 Å². The first-order chi connectivity index (χ1) is 9.04. The molecule has 0 bridgehead atoms. The van der Waals surface area contributed by atoms with Crippen molar-refractivity contribution in [2.75, 3.05) is 25.6 Å². The molecule has 1 aliphatic rings. The van der Waals surface area contributed by atoms with Gasteiger partial charge in [-0.05, 0) is 25.0 Å². The van der Waals surface area contributed by atoms with E-state index in [0.717, 1.165) is 12.8 Å². The molecule has 1 atom stereocenters. The quantitative estimate of drug-likeness (QED) is 0.591. The average Bonchev–Trinajstić information content (AvgIpc) is 2.91. The van der Waals surface area contributed by atoms with Crippen molar-refractivity contribution < 1.29 is 13.2 Å². The zero-order valence-electron chi connectivity index (χ0n) is 10.7. The number of hydrogen-bond acceptors (Lipinski definition) is 6. The van der Waals surface area contributed by atoms with Crippen LogP contribution in [-0.2, 0) is 14.8 Å². The SMILES string of the molecule is CN(CC1CCCO1)S(=O)(=O)c1ccc(NN)nc1. The fourth-order valence-electron chi connectivity index (χ4n) is 1.97. The summed E-state index contributed by atoms with van der Waals surface area (Å²) in [6, 6.07) is 3.00. The minimum absolute atomic E-state index is 0.0160. The maximum Gasteiger partial charge on any atom is 0.244 e. The van der Waals surface area contributed by atoms with E-state index in [1.54, 1.807) is 7.05 Å². The van der Waals surface area contributed by atoms with Crippen molar-refractivity contribution in [1.82, 2.24) is 9.29 Å². The molecule has 2 heterocycles. The van der Waals surface area contributed by atoms with Gasteiger partial charge in [0.1, 0.15) is 10.7 Å². The van der Waals surface area contributed by atoms with Gasteiger partial charge in [-0.15, -0.1) is 0 Å². The number of rotatable bonds is 5. The fourth-order valence-corrected chi connectivity index (χ4v) is 3.12. The lowest BCUT2D eigenvalue weighted by atomic mass is 10.2. The third-order valence-corrected chi connectivity index (χ3v) is 4.88. The van der Waals surface area contributed by atoms with E-state index in [2.05, 4.69) is 10.4 Å². The molecule has 1 unspecified atom stereocenters. The van der Waals surface area contributed by atoms with Crippen molar-refractivity contribution in [2.45, 2.75) is 23.8 Å². The third-order valence-electron chi connectivity index (χ3n) is 3.08. The minimum Gasteiger partial charge on any atom is -0.377 e. The molecular weight excluding hydrogens is 268 g/mol. The third kappa shape index (κ3) is 3.21. The summed E-state index contributed by atoms with van der Waals surface area (Å²) in [5, 5.41) is 0. The van der Waals surface area contributed by atoms with Gasteiger partial charge in [0.25, 0.3) is 0 Å². The number of sulfonamides is 1. The van der Waals surface area contributed by atoms with Gasteiger partial charge in [0.15, 0.2) is 0 Å². The molecule has 1 fully saturated rings. The number of nitrogens with two attached hydrogens (primary N) is 1. The molecule has 1 aliphatic heterocycles. The number of ether oxygens (including phenoxy) is 1. The maximum atomic E-state index is 12.3. The van der Waals surface area contributed by atoms with Crippen LogP contribution in [0.2, 0.25) is 0 Å². The lowest BCUT2D eigenvalue weighted by molar-refractivity contribution is 0.0979. The predicted molar refractivity (Wildman–Crippen MR) is 70.8 cm³/mol. The number of hydrazine groups is 1. The second-order valence-electron chi connectivity index (χ2n) is 4.44. The highest BCUT2D eigenvalue weighted by molar-refractivity contribution is 7.89. The molecule has 0 aromatic carbocycles. The summed E-state index contributed by atoms with van der Waals surface area (Å²) in [7, 11) is -1.98. The van der Waals surface area contributed by atoms with Gasteiger partial charge < -0.3 is 10.2 Å². The minimum atomic E-state index is -3.53. The normalized spacial score (nSPS) is 19.8. The second-order valence-corrected chi connectivity index (χ2v) is 6.49. The number of anilines is 1. The molecule has 0 spiro atoms. The van der Waals surface area contributed by atoms with E-state index in [1.165, 1.54) is 22.6 Å². The summed E-state index contributed by atoms with van der Waals surface area (Å²) in [6.07, 6.45) is 3.15. The van der Waals surface area contributed by atoms with E-state index in [4.69, 9.17) is 10.6 Å². The van der Waals surface area contributed by atoms with Crippen molar-refractivity contribution in [3.05, 3.63) is 18.3 Å². The fraction of sp³-hybridized carbons (Fsp3) is 0.545. The largest absolute Gasteiger partial charge is 0.377 e.